The number of nitrogens with two attached hydrogens (primary N) is 1. The molecule has 0 radical (unpaired) electrons. The van der Waals surface area contributed by atoms with E-state index in [9.17, 15) is 18.0 Å². The van der Waals surface area contributed by atoms with Crippen molar-refractivity contribution in [1.82, 2.24) is 24.8 Å². The van der Waals surface area contributed by atoms with Crippen LogP contribution in [0.25, 0.3) is 11.4 Å². The first-order valence-corrected chi connectivity index (χ1v) is 11.0. The number of rotatable bonds is 5. The van der Waals surface area contributed by atoms with Gasteiger partial charge in [0.1, 0.15) is 11.6 Å². The minimum absolute atomic E-state index is 0.134. The topological polar surface area (TPSA) is 120 Å². The standard InChI is InChI=1S/C23H24F3N7O3/c1-13-12-35-9-8-33(13)21-29-19(16-11-28-18(27)10-17(16)23(24,25)26)30-22(31-21)36-15-6-4-14(5-7-15)20(34)32(2)3/h4-7,10-11,13H,8-9,12H2,1-3H3,(H2,27,28). The van der Waals surface area contributed by atoms with Crippen LogP contribution in [0.2, 0.25) is 0 Å². The number of morpholine rings is 1. The number of carbonyl (C=O) groups is 1. The van der Waals surface area contributed by atoms with Gasteiger partial charge in [0, 0.05) is 32.4 Å². The minimum Gasteiger partial charge on any atom is -0.424 e. The van der Waals surface area contributed by atoms with E-state index >= 15 is 0 Å². The number of benzene rings is 1. The second kappa shape index (κ2) is 9.93. The third-order valence-electron chi connectivity index (χ3n) is 5.42. The Morgan fingerprint density at radius 3 is 2.56 bits per heavy atom. The molecule has 2 aromatic heterocycles. The molecule has 3 heterocycles. The van der Waals surface area contributed by atoms with Crippen molar-refractivity contribution >= 4 is 17.7 Å². The molecule has 1 unspecified atom stereocenters. The van der Waals surface area contributed by atoms with Gasteiger partial charge in [-0.2, -0.15) is 28.1 Å². The van der Waals surface area contributed by atoms with Gasteiger partial charge in [0.25, 0.3) is 5.91 Å². The van der Waals surface area contributed by atoms with Gasteiger partial charge < -0.3 is 25.0 Å². The van der Waals surface area contributed by atoms with Gasteiger partial charge in [0.05, 0.1) is 30.4 Å². The molecule has 1 aliphatic heterocycles. The van der Waals surface area contributed by atoms with Crippen LogP contribution in [0.15, 0.2) is 36.5 Å². The maximum absolute atomic E-state index is 13.8. The molecule has 36 heavy (non-hydrogen) atoms. The van der Waals surface area contributed by atoms with Crippen molar-refractivity contribution < 1.29 is 27.4 Å². The Bertz CT molecular complexity index is 1250. The first-order chi connectivity index (χ1) is 17.0. The Morgan fingerprint density at radius 2 is 1.92 bits per heavy atom. The third kappa shape index (κ3) is 5.46. The number of aromatic nitrogens is 4. The molecule has 0 saturated carbocycles. The van der Waals surface area contributed by atoms with E-state index in [0.717, 1.165) is 12.3 Å². The number of ether oxygens (including phenoxy) is 2. The van der Waals surface area contributed by atoms with E-state index in [2.05, 4.69) is 19.9 Å². The Labute approximate surface area is 204 Å². The Kier molecular flexibility index (Phi) is 6.93. The van der Waals surface area contributed by atoms with Crippen molar-refractivity contribution in [1.29, 1.82) is 0 Å². The number of carbonyl (C=O) groups excluding carboxylic acids is 1. The summed E-state index contributed by atoms with van der Waals surface area (Å²) in [5.74, 6) is -0.327. The normalized spacial score (nSPS) is 16.1. The maximum Gasteiger partial charge on any atom is 0.417 e. The van der Waals surface area contributed by atoms with E-state index in [1.165, 1.54) is 4.90 Å². The lowest BCUT2D eigenvalue weighted by molar-refractivity contribution is -0.137. The minimum atomic E-state index is -4.72. The molecule has 1 atom stereocenters. The number of halogens is 3. The molecular weight excluding hydrogens is 479 g/mol. The number of hydrogen-bond acceptors (Lipinski definition) is 9. The highest BCUT2D eigenvalue weighted by Crippen LogP contribution is 2.37. The largest absolute Gasteiger partial charge is 0.424 e. The van der Waals surface area contributed by atoms with E-state index < -0.39 is 11.7 Å². The van der Waals surface area contributed by atoms with Crippen LogP contribution in [0.4, 0.5) is 24.9 Å². The highest BCUT2D eigenvalue weighted by molar-refractivity contribution is 5.93. The lowest BCUT2D eigenvalue weighted by atomic mass is 10.1. The smallest absolute Gasteiger partial charge is 0.417 e. The van der Waals surface area contributed by atoms with Crippen molar-refractivity contribution in [2.75, 3.05) is 44.5 Å². The lowest BCUT2D eigenvalue weighted by Crippen LogP contribution is -2.44. The monoisotopic (exact) mass is 503 g/mol. The lowest BCUT2D eigenvalue weighted by Gasteiger charge is -2.33. The third-order valence-corrected chi connectivity index (χ3v) is 5.42. The molecule has 0 aliphatic carbocycles. The zero-order valence-corrected chi connectivity index (χ0v) is 19.8. The van der Waals surface area contributed by atoms with Gasteiger partial charge in [0.2, 0.25) is 5.95 Å². The van der Waals surface area contributed by atoms with Crippen LogP contribution < -0.4 is 15.4 Å². The predicted molar refractivity (Wildman–Crippen MR) is 125 cm³/mol. The molecule has 190 valence electrons. The number of anilines is 2. The number of nitrogens with zero attached hydrogens (tertiary/aromatic N) is 6. The summed E-state index contributed by atoms with van der Waals surface area (Å²) in [6, 6.07) is 6.60. The molecule has 1 aromatic carbocycles. The van der Waals surface area contributed by atoms with Crippen molar-refractivity contribution in [3.8, 4) is 23.1 Å². The van der Waals surface area contributed by atoms with Gasteiger partial charge in [-0.1, -0.05) is 0 Å². The highest BCUT2D eigenvalue weighted by atomic mass is 19.4. The summed E-state index contributed by atoms with van der Waals surface area (Å²) < 4.78 is 52.6. The highest BCUT2D eigenvalue weighted by Gasteiger charge is 2.36. The second-order valence-corrected chi connectivity index (χ2v) is 8.34. The van der Waals surface area contributed by atoms with Crippen LogP contribution in [-0.4, -0.2) is 70.6 Å². The summed E-state index contributed by atoms with van der Waals surface area (Å²) in [7, 11) is 3.27. The molecule has 4 rings (SSSR count). The zero-order chi connectivity index (χ0) is 26.0. The molecule has 1 amide bonds. The van der Waals surface area contributed by atoms with Gasteiger partial charge >= 0.3 is 12.2 Å². The van der Waals surface area contributed by atoms with Gasteiger partial charge in [-0.05, 0) is 37.3 Å². The average molecular weight is 503 g/mol. The molecule has 13 heteroatoms. The SMILES string of the molecule is CC1COCCN1c1nc(Oc2ccc(C(=O)N(C)C)cc2)nc(-c2cnc(N)cc2C(F)(F)F)n1. The van der Waals surface area contributed by atoms with Gasteiger partial charge in [-0.25, -0.2) is 4.98 Å². The summed E-state index contributed by atoms with van der Waals surface area (Å²) in [6.45, 7) is 3.11. The number of pyridine rings is 1. The molecule has 2 N–H and O–H groups in total. The van der Waals surface area contributed by atoms with Crippen LogP contribution >= 0.6 is 0 Å². The maximum atomic E-state index is 13.8. The van der Waals surface area contributed by atoms with Crippen molar-refractivity contribution in [2.24, 2.45) is 0 Å². The second-order valence-electron chi connectivity index (χ2n) is 8.34. The Morgan fingerprint density at radius 1 is 1.19 bits per heavy atom. The molecule has 0 spiro atoms. The number of alkyl halides is 3. The van der Waals surface area contributed by atoms with Crippen LogP contribution in [0, 0.1) is 0 Å². The molecule has 1 fully saturated rings. The molecule has 3 aromatic rings. The number of nitrogen functional groups attached to an aromatic ring is 1. The van der Waals surface area contributed by atoms with Crippen molar-refractivity contribution in [3.05, 3.63) is 47.7 Å². The Balaban J connectivity index is 1.77. The fourth-order valence-corrected chi connectivity index (χ4v) is 3.58. The summed E-state index contributed by atoms with van der Waals surface area (Å²) in [5.41, 5.74) is 4.56. The van der Waals surface area contributed by atoms with Crippen LogP contribution in [0.3, 0.4) is 0 Å². The number of amides is 1. The van der Waals surface area contributed by atoms with Crippen LogP contribution in [0.1, 0.15) is 22.8 Å². The average Bonchev–Trinajstić information content (AvgIpc) is 2.83. The fourth-order valence-electron chi connectivity index (χ4n) is 3.58. The van der Waals surface area contributed by atoms with Crippen molar-refractivity contribution in [2.45, 2.75) is 19.1 Å². The molecule has 1 saturated heterocycles. The quantitative estimate of drug-likeness (QED) is 0.559. The zero-order valence-electron chi connectivity index (χ0n) is 19.8. The summed E-state index contributed by atoms with van der Waals surface area (Å²) in [5, 5.41) is 0. The van der Waals surface area contributed by atoms with Gasteiger partial charge in [-0.15, -0.1) is 0 Å². The molecule has 1 aliphatic rings. The fraction of sp³-hybridized carbons (Fsp3) is 0.348. The predicted octanol–water partition coefficient (Wildman–Crippen LogP) is 3.25. The van der Waals surface area contributed by atoms with Crippen LogP contribution in [-0.2, 0) is 10.9 Å². The molecule has 0 bridgehead atoms. The van der Waals surface area contributed by atoms with Crippen LogP contribution in [0.5, 0.6) is 11.8 Å². The van der Waals surface area contributed by atoms with E-state index in [0.29, 0.717) is 25.3 Å². The van der Waals surface area contributed by atoms with E-state index in [-0.39, 0.29) is 46.9 Å². The van der Waals surface area contributed by atoms with E-state index in [1.807, 2.05) is 6.92 Å². The summed E-state index contributed by atoms with van der Waals surface area (Å²) in [4.78, 5) is 32.0. The van der Waals surface area contributed by atoms with E-state index in [4.69, 9.17) is 15.2 Å². The molecular formula is C23H24F3N7O3. The number of hydrogen-bond donors (Lipinski definition) is 1. The van der Waals surface area contributed by atoms with Gasteiger partial charge in [-0.3, -0.25) is 4.79 Å². The van der Waals surface area contributed by atoms with Crippen molar-refractivity contribution in [3.63, 3.8) is 0 Å². The van der Waals surface area contributed by atoms with E-state index in [1.54, 1.807) is 43.3 Å². The Hall–Kier alpha value is -4.00. The first-order valence-electron chi connectivity index (χ1n) is 11.0. The molecule has 10 nitrogen and oxygen atoms in total. The van der Waals surface area contributed by atoms with Gasteiger partial charge in [0.15, 0.2) is 5.82 Å². The summed E-state index contributed by atoms with van der Waals surface area (Å²) in [6.07, 6.45) is -3.74. The summed E-state index contributed by atoms with van der Waals surface area (Å²) >= 11 is 0. The first kappa shape index (κ1) is 25.1.